The molecular formula is C19H21N3O2S. The van der Waals surface area contributed by atoms with E-state index >= 15 is 0 Å². The summed E-state index contributed by atoms with van der Waals surface area (Å²) in [6.45, 7) is 4.43. The molecule has 0 saturated carbocycles. The Labute approximate surface area is 151 Å². The van der Waals surface area contributed by atoms with Gasteiger partial charge in [-0.3, -0.25) is 4.90 Å². The van der Waals surface area contributed by atoms with E-state index in [2.05, 4.69) is 39.3 Å². The van der Waals surface area contributed by atoms with Crippen molar-refractivity contribution in [1.29, 1.82) is 0 Å². The molecule has 1 saturated heterocycles. The van der Waals surface area contributed by atoms with Crippen LogP contribution in [0.2, 0.25) is 0 Å². The number of nitrogens with zero attached hydrogens (tertiary/aromatic N) is 3. The Morgan fingerprint density at radius 2 is 2.16 bits per heavy atom. The number of benzene rings is 1. The van der Waals surface area contributed by atoms with E-state index in [1.54, 1.807) is 11.3 Å². The zero-order chi connectivity index (χ0) is 17.1. The molecule has 3 heterocycles. The monoisotopic (exact) mass is 355 g/mol. The van der Waals surface area contributed by atoms with Gasteiger partial charge in [0.15, 0.2) is 0 Å². The highest BCUT2D eigenvalue weighted by Gasteiger charge is 2.27. The molecule has 0 spiro atoms. The van der Waals surface area contributed by atoms with Crippen LogP contribution in [0.15, 0.2) is 45.6 Å². The van der Waals surface area contributed by atoms with E-state index in [0.717, 1.165) is 24.3 Å². The summed E-state index contributed by atoms with van der Waals surface area (Å²) in [6, 6.07) is 10.8. The molecule has 2 aromatic heterocycles. The first-order chi connectivity index (χ1) is 12.3. The Morgan fingerprint density at radius 3 is 2.92 bits per heavy atom. The van der Waals surface area contributed by atoms with Gasteiger partial charge in [0, 0.05) is 17.0 Å². The van der Waals surface area contributed by atoms with Crippen molar-refractivity contribution in [2.24, 2.45) is 0 Å². The van der Waals surface area contributed by atoms with E-state index < -0.39 is 0 Å². The zero-order valence-electron chi connectivity index (χ0n) is 14.2. The number of aromatic nitrogens is 2. The Balaban J connectivity index is 1.46. The van der Waals surface area contributed by atoms with E-state index in [0.29, 0.717) is 30.9 Å². The van der Waals surface area contributed by atoms with Gasteiger partial charge in [0.25, 0.3) is 0 Å². The molecule has 130 valence electrons. The van der Waals surface area contributed by atoms with Crippen molar-refractivity contribution < 1.29 is 9.26 Å². The third-order valence-electron chi connectivity index (χ3n) is 4.53. The number of thiophene rings is 1. The lowest BCUT2D eigenvalue weighted by molar-refractivity contribution is 0.212. The highest BCUT2D eigenvalue weighted by Crippen LogP contribution is 2.34. The van der Waals surface area contributed by atoms with E-state index in [1.807, 2.05) is 23.8 Å². The Hall–Kier alpha value is -2.18. The molecular weight excluding hydrogens is 334 g/mol. The summed E-state index contributed by atoms with van der Waals surface area (Å²) in [5.41, 5.74) is 2.34. The topological polar surface area (TPSA) is 51.4 Å². The first-order valence-corrected chi connectivity index (χ1v) is 9.59. The first-order valence-electron chi connectivity index (χ1n) is 8.65. The fourth-order valence-electron chi connectivity index (χ4n) is 3.35. The Kier molecular flexibility index (Phi) is 4.81. The number of hydrogen-bond donors (Lipinski definition) is 0. The van der Waals surface area contributed by atoms with Crippen molar-refractivity contribution >= 4 is 11.3 Å². The lowest BCUT2D eigenvalue weighted by Crippen LogP contribution is -2.22. The number of rotatable bonds is 6. The standard InChI is InChI=1S/C19H21N3O2S/c1-2-23-16-7-5-14(6-8-16)17-4-3-10-22(17)12-18-20-19(21-24-18)15-9-11-25-13-15/h5-9,11,13,17H,2-4,10,12H2,1H3. The normalized spacial score (nSPS) is 17.9. The predicted octanol–water partition coefficient (Wildman–Crippen LogP) is 4.53. The summed E-state index contributed by atoms with van der Waals surface area (Å²) in [5, 5.41) is 8.16. The van der Waals surface area contributed by atoms with Crippen molar-refractivity contribution in [3.8, 4) is 17.1 Å². The third-order valence-corrected chi connectivity index (χ3v) is 5.21. The molecule has 1 aromatic carbocycles. The predicted molar refractivity (Wildman–Crippen MR) is 97.6 cm³/mol. The summed E-state index contributed by atoms with van der Waals surface area (Å²) in [4.78, 5) is 6.97. The molecule has 1 unspecified atom stereocenters. The minimum atomic E-state index is 0.396. The van der Waals surface area contributed by atoms with Crippen molar-refractivity contribution in [3.63, 3.8) is 0 Å². The van der Waals surface area contributed by atoms with Crippen LogP contribution in [0, 0.1) is 0 Å². The van der Waals surface area contributed by atoms with Crippen LogP contribution in [-0.2, 0) is 6.54 Å². The van der Waals surface area contributed by atoms with Crippen LogP contribution in [0.4, 0.5) is 0 Å². The Bertz CT molecular complexity index is 798. The molecule has 1 atom stereocenters. The molecule has 0 bridgehead atoms. The molecule has 1 fully saturated rings. The highest BCUT2D eigenvalue weighted by molar-refractivity contribution is 7.08. The lowest BCUT2D eigenvalue weighted by Gasteiger charge is -2.23. The van der Waals surface area contributed by atoms with E-state index in [9.17, 15) is 0 Å². The van der Waals surface area contributed by atoms with Gasteiger partial charge in [-0.15, -0.1) is 0 Å². The van der Waals surface area contributed by atoms with Crippen LogP contribution in [-0.4, -0.2) is 28.2 Å². The number of ether oxygens (including phenoxy) is 1. The van der Waals surface area contributed by atoms with Gasteiger partial charge in [-0.2, -0.15) is 16.3 Å². The molecule has 0 aliphatic carbocycles. The van der Waals surface area contributed by atoms with Crippen LogP contribution in [0.3, 0.4) is 0 Å². The van der Waals surface area contributed by atoms with Crippen LogP contribution in [0.1, 0.15) is 37.3 Å². The van der Waals surface area contributed by atoms with E-state index in [1.165, 1.54) is 12.0 Å². The average molecular weight is 355 g/mol. The smallest absolute Gasteiger partial charge is 0.241 e. The summed E-state index contributed by atoms with van der Waals surface area (Å²) in [6.07, 6.45) is 2.34. The Morgan fingerprint density at radius 1 is 1.28 bits per heavy atom. The molecule has 5 nitrogen and oxygen atoms in total. The quantitative estimate of drug-likeness (QED) is 0.650. The molecule has 0 N–H and O–H groups in total. The zero-order valence-corrected chi connectivity index (χ0v) is 15.0. The molecule has 6 heteroatoms. The lowest BCUT2D eigenvalue weighted by atomic mass is 10.0. The van der Waals surface area contributed by atoms with Gasteiger partial charge in [0.2, 0.25) is 11.7 Å². The minimum Gasteiger partial charge on any atom is -0.494 e. The van der Waals surface area contributed by atoms with Crippen LogP contribution < -0.4 is 4.74 Å². The second kappa shape index (κ2) is 7.37. The van der Waals surface area contributed by atoms with Crippen LogP contribution >= 0.6 is 11.3 Å². The maximum atomic E-state index is 5.54. The number of hydrogen-bond acceptors (Lipinski definition) is 6. The summed E-state index contributed by atoms with van der Waals surface area (Å²) < 4.78 is 11.0. The molecule has 4 rings (SSSR count). The first kappa shape index (κ1) is 16.3. The maximum Gasteiger partial charge on any atom is 0.241 e. The van der Waals surface area contributed by atoms with E-state index in [4.69, 9.17) is 9.26 Å². The van der Waals surface area contributed by atoms with Crippen molar-refractivity contribution in [3.05, 3.63) is 52.5 Å². The SMILES string of the molecule is CCOc1ccc(C2CCCN2Cc2nc(-c3ccsc3)no2)cc1. The second-order valence-electron chi connectivity index (χ2n) is 6.15. The van der Waals surface area contributed by atoms with Gasteiger partial charge >= 0.3 is 0 Å². The largest absolute Gasteiger partial charge is 0.494 e. The van der Waals surface area contributed by atoms with Gasteiger partial charge in [0.05, 0.1) is 13.2 Å². The van der Waals surface area contributed by atoms with E-state index in [-0.39, 0.29) is 0 Å². The summed E-state index contributed by atoms with van der Waals surface area (Å²) in [7, 11) is 0. The van der Waals surface area contributed by atoms with Gasteiger partial charge in [-0.25, -0.2) is 0 Å². The third kappa shape index (κ3) is 3.60. The van der Waals surface area contributed by atoms with Crippen molar-refractivity contribution in [1.82, 2.24) is 15.0 Å². The molecule has 0 amide bonds. The molecule has 1 aliphatic rings. The molecule has 25 heavy (non-hydrogen) atoms. The summed E-state index contributed by atoms with van der Waals surface area (Å²) >= 11 is 1.64. The molecule has 3 aromatic rings. The van der Waals surface area contributed by atoms with Crippen LogP contribution in [0.25, 0.3) is 11.4 Å². The highest BCUT2D eigenvalue weighted by atomic mass is 32.1. The van der Waals surface area contributed by atoms with Crippen LogP contribution in [0.5, 0.6) is 5.75 Å². The maximum absolute atomic E-state index is 5.54. The van der Waals surface area contributed by atoms with Gasteiger partial charge < -0.3 is 9.26 Å². The average Bonchev–Trinajstić information content (AvgIpc) is 3.38. The number of likely N-dealkylation sites (tertiary alicyclic amines) is 1. The van der Waals surface area contributed by atoms with Crippen molar-refractivity contribution in [2.75, 3.05) is 13.2 Å². The minimum absolute atomic E-state index is 0.396. The van der Waals surface area contributed by atoms with Gasteiger partial charge in [0.1, 0.15) is 5.75 Å². The molecule has 0 radical (unpaired) electrons. The van der Waals surface area contributed by atoms with Crippen molar-refractivity contribution in [2.45, 2.75) is 32.4 Å². The fraction of sp³-hybridized carbons (Fsp3) is 0.368. The fourth-order valence-corrected chi connectivity index (χ4v) is 3.98. The molecule has 1 aliphatic heterocycles. The van der Waals surface area contributed by atoms with Gasteiger partial charge in [-0.1, -0.05) is 17.3 Å². The second-order valence-corrected chi connectivity index (χ2v) is 6.93. The summed E-state index contributed by atoms with van der Waals surface area (Å²) in [5.74, 6) is 2.28. The van der Waals surface area contributed by atoms with Gasteiger partial charge in [-0.05, 0) is 55.5 Å².